The molecule has 1 aromatic rings. The summed E-state index contributed by atoms with van der Waals surface area (Å²) in [5, 5.41) is 9.97. The minimum Gasteiger partial charge on any atom is -0.504 e. The van der Waals surface area contributed by atoms with Gasteiger partial charge in [-0.1, -0.05) is 6.08 Å². The Bertz CT molecular complexity index is 700. The molecule has 0 aliphatic heterocycles. The van der Waals surface area contributed by atoms with Gasteiger partial charge >= 0.3 is 0 Å². The zero-order valence-electron chi connectivity index (χ0n) is 15.2. The minimum absolute atomic E-state index is 0.116. The summed E-state index contributed by atoms with van der Waals surface area (Å²) in [6.07, 6.45) is 2.71. The predicted molar refractivity (Wildman–Crippen MR) is 95.5 cm³/mol. The number of phenolic OH excluding ortho intramolecular Hbond substituents is 1. The Hall–Kier alpha value is -2.89. The van der Waals surface area contributed by atoms with Gasteiger partial charge in [0.25, 0.3) is 0 Å². The number of allylic oxidation sites excluding steroid dienone is 2. The van der Waals surface area contributed by atoms with Crippen LogP contribution in [0.2, 0.25) is 0 Å². The molecule has 0 amide bonds. The van der Waals surface area contributed by atoms with Crippen molar-refractivity contribution in [3.63, 3.8) is 0 Å². The molecule has 0 saturated carbocycles. The Kier molecular flexibility index (Phi) is 7.59. The van der Waals surface area contributed by atoms with E-state index in [2.05, 4.69) is 6.58 Å². The second kappa shape index (κ2) is 9.42. The normalized spacial score (nSPS) is 12.5. The van der Waals surface area contributed by atoms with Gasteiger partial charge in [-0.15, -0.1) is 6.58 Å². The molecular weight excluding hydrogens is 324 g/mol. The fourth-order valence-electron chi connectivity index (χ4n) is 2.37. The highest BCUT2D eigenvalue weighted by Gasteiger charge is 2.19. The van der Waals surface area contributed by atoms with E-state index >= 15 is 0 Å². The maximum atomic E-state index is 11.2. The molecule has 25 heavy (non-hydrogen) atoms. The first-order chi connectivity index (χ1) is 12.0. The lowest BCUT2D eigenvalue weighted by molar-refractivity contribution is 0.112. The molecule has 1 aromatic carbocycles. The molecule has 0 unspecified atom stereocenters. The van der Waals surface area contributed by atoms with Crippen LogP contribution in [0.15, 0.2) is 42.1 Å². The molecular formula is C19H24O6. The SMILES string of the molecule is C=CC/C(OC)=C(OC)\C(OC)=C(/C)c1cc(C=O)c(O)c(OC)c1. The van der Waals surface area contributed by atoms with Crippen molar-refractivity contribution in [2.75, 3.05) is 28.4 Å². The van der Waals surface area contributed by atoms with Gasteiger partial charge in [-0.05, 0) is 24.6 Å². The molecule has 0 fully saturated rings. The average Bonchev–Trinajstić information content (AvgIpc) is 2.64. The number of aldehydes is 1. The number of hydrogen-bond donors (Lipinski definition) is 1. The van der Waals surface area contributed by atoms with Crippen molar-refractivity contribution in [2.45, 2.75) is 13.3 Å². The lowest BCUT2D eigenvalue weighted by Crippen LogP contribution is -2.05. The molecule has 0 radical (unpaired) electrons. The van der Waals surface area contributed by atoms with Gasteiger partial charge in [0.15, 0.2) is 29.3 Å². The molecule has 0 saturated heterocycles. The van der Waals surface area contributed by atoms with E-state index in [4.69, 9.17) is 18.9 Å². The van der Waals surface area contributed by atoms with Crippen LogP contribution in [-0.2, 0) is 14.2 Å². The largest absolute Gasteiger partial charge is 0.504 e. The van der Waals surface area contributed by atoms with Crippen LogP contribution in [0.4, 0.5) is 0 Å². The van der Waals surface area contributed by atoms with E-state index in [1.54, 1.807) is 25.1 Å². The van der Waals surface area contributed by atoms with Gasteiger partial charge in [0.2, 0.25) is 0 Å². The van der Waals surface area contributed by atoms with Gasteiger partial charge in [-0.25, -0.2) is 0 Å². The van der Waals surface area contributed by atoms with E-state index in [1.807, 2.05) is 0 Å². The van der Waals surface area contributed by atoms with Crippen LogP contribution < -0.4 is 4.74 Å². The molecule has 1 rings (SSSR count). The minimum atomic E-state index is -0.209. The summed E-state index contributed by atoms with van der Waals surface area (Å²) in [6.45, 7) is 5.50. The number of aromatic hydroxyl groups is 1. The summed E-state index contributed by atoms with van der Waals surface area (Å²) in [5.41, 5.74) is 1.43. The van der Waals surface area contributed by atoms with Crippen molar-refractivity contribution in [3.8, 4) is 11.5 Å². The topological polar surface area (TPSA) is 74.2 Å². The van der Waals surface area contributed by atoms with Crippen LogP contribution in [0.25, 0.3) is 5.57 Å². The Labute approximate surface area is 148 Å². The molecule has 1 N–H and O–H groups in total. The highest BCUT2D eigenvalue weighted by Crippen LogP contribution is 2.35. The molecule has 0 aliphatic rings. The van der Waals surface area contributed by atoms with Gasteiger partial charge in [0, 0.05) is 12.0 Å². The summed E-state index contributed by atoms with van der Waals surface area (Å²) < 4.78 is 21.5. The third-order valence-corrected chi connectivity index (χ3v) is 3.67. The molecule has 6 heteroatoms. The van der Waals surface area contributed by atoms with Crippen molar-refractivity contribution in [1.29, 1.82) is 0 Å². The van der Waals surface area contributed by atoms with E-state index in [9.17, 15) is 9.90 Å². The fourth-order valence-corrected chi connectivity index (χ4v) is 2.37. The van der Waals surface area contributed by atoms with Gasteiger partial charge in [-0.3, -0.25) is 4.79 Å². The van der Waals surface area contributed by atoms with Crippen molar-refractivity contribution in [2.24, 2.45) is 0 Å². The number of hydrogen-bond acceptors (Lipinski definition) is 6. The molecule has 0 aliphatic carbocycles. The number of ether oxygens (including phenoxy) is 4. The van der Waals surface area contributed by atoms with Crippen LogP contribution in [-0.4, -0.2) is 39.8 Å². The van der Waals surface area contributed by atoms with E-state index in [-0.39, 0.29) is 17.1 Å². The number of phenols is 1. The van der Waals surface area contributed by atoms with Crippen LogP contribution in [0.3, 0.4) is 0 Å². The number of methoxy groups -OCH3 is 4. The molecule has 0 spiro atoms. The lowest BCUT2D eigenvalue weighted by atomic mass is 10.0. The standard InChI is InChI=1S/C19H24O6/c1-7-8-15(22-3)19(25-6)18(24-5)12(2)13-9-14(11-20)17(21)16(10-13)23-4/h7,9-11,21H,1,8H2,2-6H3/b18-12-,19-15-. The maximum absolute atomic E-state index is 11.2. The van der Waals surface area contributed by atoms with Crippen LogP contribution >= 0.6 is 0 Å². The highest BCUT2D eigenvalue weighted by atomic mass is 16.5. The molecule has 0 atom stereocenters. The summed E-state index contributed by atoms with van der Waals surface area (Å²) in [6, 6.07) is 3.16. The molecule has 0 aromatic heterocycles. The zero-order valence-corrected chi connectivity index (χ0v) is 15.2. The average molecular weight is 348 g/mol. The second-order valence-electron chi connectivity index (χ2n) is 5.05. The summed E-state index contributed by atoms with van der Waals surface area (Å²) >= 11 is 0. The van der Waals surface area contributed by atoms with E-state index < -0.39 is 0 Å². The second-order valence-corrected chi connectivity index (χ2v) is 5.05. The Morgan fingerprint density at radius 3 is 2.20 bits per heavy atom. The van der Waals surface area contributed by atoms with Crippen molar-refractivity contribution in [3.05, 3.63) is 53.2 Å². The van der Waals surface area contributed by atoms with E-state index in [0.717, 1.165) is 0 Å². The zero-order chi connectivity index (χ0) is 19.0. The summed E-state index contributed by atoms with van der Waals surface area (Å²) in [4.78, 5) is 11.2. The van der Waals surface area contributed by atoms with Crippen LogP contribution in [0, 0.1) is 0 Å². The number of carbonyl (C=O) groups excluding carboxylic acids is 1. The summed E-state index contributed by atoms with van der Waals surface area (Å²) in [5.74, 6) is 1.39. The van der Waals surface area contributed by atoms with Gasteiger partial charge in [0.05, 0.1) is 34.0 Å². The fraction of sp³-hybridized carbons (Fsp3) is 0.316. The number of carbonyl (C=O) groups is 1. The smallest absolute Gasteiger partial charge is 0.199 e. The highest BCUT2D eigenvalue weighted by molar-refractivity contribution is 5.84. The maximum Gasteiger partial charge on any atom is 0.199 e. The Morgan fingerprint density at radius 1 is 1.12 bits per heavy atom. The first-order valence-electron chi connectivity index (χ1n) is 7.52. The van der Waals surface area contributed by atoms with Gasteiger partial charge in [0.1, 0.15) is 5.76 Å². The number of rotatable bonds is 9. The van der Waals surface area contributed by atoms with Crippen LogP contribution in [0.5, 0.6) is 11.5 Å². The summed E-state index contributed by atoms with van der Waals surface area (Å²) in [7, 11) is 5.97. The van der Waals surface area contributed by atoms with E-state index in [0.29, 0.717) is 41.1 Å². The van der Waals surface area contributed by atoms with Crippen LogP contribution in [0.1, 0.15) is 29.3 Å². The predicted octanol–water partition coefficient (Wildman–Crippen LogP) is 3.67. The molecule has 136 valence electrons. The molecule has 0 bridgehead atoms. The molecule has 6 nitrogen and oxygen atoms in total. The third-order valence-electron chi connectivity index (χ3n) is 3.67. The third kappa shape index (κ3) is 4.35. The van der Waals surface area contributed by atoms with Gasteiger partial charge < -0.3 is 24.1 Å². The Balaban J connectivity index is 3.66. The van der Waals surface area contributed by atoms with Crippen molar-refractivity contribution in [1.82, 2.24) is 0 Å². The van der Waals surface area contributed by atoms with Crippen molar-refractivity contribution >= 4 is 11.9 Å². The van der Waals surface area contributed by atoms with E-state index in [1.165, 1.54) is 28.4 Å². The quantitative estimate of drug-likeness (QED) is 0.318. The van der Waals surface area contributed by atoms with Gasteiger partial charge in [-0.2, -0.15) is 0 Å². The first-order valence-corrected chi connectivity index (χ1v) is 7.52. The van der Waals surface area contributed by atoms with Crippen molar-refractivity contribution < 1.29 is 28.8 Å². The lowest BCUT2D eigenvalue weighted by Gasteiger charge is -2.18. The first kappa shape index (κ1) is 20.2. The number of benzene rings is 1. The Morgan fingerprint density at radius 2 is 1.76 bits per heavy atom. The molecule has 0 heterocycles. The monoisotopic (exact) mass is 348 g/mol.